The lowest BCUT2D eigenvalue weighted by molar-refractivity contribution is 0.324. The number of methoxy groups -OCH3 is 3. The summed E-state index contributed by atoms with van der Waals surface area (Å²) in [6.45, 7) is 0. The molecule has 5 nitrogen and oxygen atoms in total. The van der Waals surface area contributed by atoms with E-state index in [1.54, 1.807) is 21.3 Å². The van der Waals surface area contributed by atoms with Crippen molar-refractivity contribution in [1.82, 2.24) is 0 Å². The van der Waals surface area contributed by atoms with Crippen molar-refractivity contribution in [2.24, 2.45) is 0 Å². The van der Waals surface area contributed by atoms with Crippen molar-refractivity contribution in [1.29, 1.82) is 0 Å². The lowest BCUT2D eigenvalue weighted by Crippen LogP contribution is -2.26. The quantitative estimate of drug-likeness (QED) is 0.851. The van der Waals surface area contributed by atoms with Crippen LogP contribution in [-0.2, 0) is 9.84 Å². The van der Waals surface area contributed by atoms with Gasteiger partial charge in [0.15, 0.2) is 21.3 Å². The van der Waals surface area contributed by atoms with E-state index in [1.165, 1.54) is 0 Å². The summed E-state index contributed by atoms with van der Waals surface area (Å²) in [5.74, 6) is 1.71. The Kier molecular flexibility index (Phi) is 3.80. The molecule has 2 bridgehead atoms. The summed E-state index contributed by atoms with van der Waals surface area (Å²) in [6, 6.07) is 3.76. The summed E-state index contributed by atoms with van der Waals surface area (Å²) in [7, 11) is 1.73. The molecule has 0 amide bonds. The van der Waals surface area contributed by atoms with Gasteiger partial charge in [-0.25, -0.2) is 8.42 Å². The highest BCUT2D eigenvalue weighted by atomic mass is 32.2. The molecular weight excluding hydrogens is 304 g/mol. The van der Waals surface area contributed by atoms with Gasteiger partial charge in [0.2, 0.25) is 5.75 Å². The van der Waals surface area contributed by atoms with Crippen LogP contribution in [-0.4, -0.2) is 40.2 Å². The molecule has 0 radical (unpaired) electrons. The van der Waals surface area contributed by atoms with E-state index in [4.69, 9.17) is 14.2 Å². The Morgan fingerprint density at radius 2 is 1.64 bits per heavy atom. The van der Waals surface area contributed by atoms with Crippen LogP contribution < -0.4 is 14.2 Å². The minimum absolute atomic E-state index is 0.253. The lowest BCUT2D eigenvalue weighted by atomic mass is 9.99. The Morgan fingerprint density at radius 1 is 1.00 bits per heavy atom. The molecule has 2 aliphatic rings. The van der Waals surface area contributed by atoms with Gasteiger partial charge in [-0.05, 0) is 42.5 Å². The summed E-state index contributed by atoms with van der Waals surface area (Å²) in [5, 5.41) is -0.600. The highest BCUT2D eigenvalue weighted by molar-refractivity contribution is 7.93. The van der Waals surface area contributed by atoms with Crippen LogP contribution in [0.2, 0.25) is 0 Å². The van der Waals surface area contributed by atoms with Crippen LogP contribution in [0.4, 0.5) is 0 Å². The predicted octanol–water partition coefficient (Wildman–Crippen LogP) is 2.45. The van der Waals surface area contributed by atoms with Crippen LogP contribution in [0.1, 0.15) is 24.8 Å². The Labute approximate surface area is 130 Å². The van der Waals surface area contributed by atoms with Crippen molar-refractivity contribution in [3.05, 3.63) is 23.8 Å². The van der Waals surface area contributed by atoms with E-state index in [-0.39, 0.29) is 10.5 Å². The van der Waals surface area contributed by atoms with Crippen LogP contribution in [0.3, 0.4) is 0 Å². The number of benzene rings is 1. The highest BCUT2D eigenvalue weighted by Crippen LogP contribution is 2.45. The van der Waals surface area contributed by atoms with Gasteiger partial charge < -0.3 is 14.2 Å². The molecule has 2 atom stereocenters. The van der Waals surface area contributed by atoms with Crippen molar-refractivity contribution in [2.45, 2.75) is 29.8 Å². The predicted molar refractivity (Wildman–Crippen MR) is 84.4 cm³/mol. The van der Waals surface area contributed by atoms with E-state index in [1.807, 2.05) is 18.2 Å². The molecule has 0 aromatic heterocycles. The molecule has 1 saturated heterocycles. The smallest absolute Gasteiger partial charge is 0.203 e. The first kappa shape index (κ1) is 15.2. The van der Waals surface area contributed by atoms with Gasteiger partial charge in [0, 0.05) is 0 Å². The molecule has 0 N–H and O–H groups in total. The largest absolute Gasteiger partial charge is 0.493 e. The van der Waals surface area contributed by atoms with Gasteiger partial charge in [0.25, 0.3) is 0 Å². The normalized spacial score (nSPS) is 25.5. The second kappa shape index (κ2) is 5.50. The molecule has 0 saturated carbocycles. The van der Waals surface area contributed by atoms with Crippen molar-refractivity contribution >= 4 is 15.4 Å². The van der Waals surface area contributed by atoms with E-state index < -0.39 is 9.84 Å². The molecule has 2 unspecified atom stereocenters. The number of ether oxygens (including phenoxy) is 3. The van der Waals surface area contributed by atoms with E-state index in [2.05, 4.69) is 0 Å². The van der Waals surface area contributed by atoms with Gasteiger partial charge in [0.1, 0.15) is 0 Å². The van der Waals surface area contributed by atoms with Crippen molar-refractivity contribution in [2.75, 3.05) is 21.3 Å². The number of allylic oxidation sites excluding steroid dienone is 1. The first-order valence-electron chi connectivity index (χ1n) is 7.25. The van der Waals surface area contributed by atoms with Gasteiger partial charge in [0.05, 0.1) is 31.8 Å². The average molecular weight is 324 g/mol. The van der Waals surface area contributed by atoms with Crippen molar-refractivity contribution in [3.8, 4) is 17.2 Å². The van der Waals surface area contributed by atoms with Gasteiger partial charge in [-0.15, -0.1) is 0 Å². The number of hydrogen-bond donors (Lipinski definition) is 0. The first-order valence-corrected chi connectivity index (χ1v) is 8.86. The lowest BCUT2D eigenvalue weighted by Gasteiger charge is -2.22. The topological polar surface area (TPSA) is 61.8 Å². The fourth-order valence-corrected chi connectivity index (χ4v) is 5.53. The maximum absolute atomic E-state index is 12.2. The Hall–Kier alpha value is -1.69. The summed E-state index contributed by atoms with van der Waals surface area (Å²) in [6.07, 6.45) is 3.91. The molecule has 2 aliphatic heterocycles. The zero-order chi connectivity index (χ0) is 15.9. The molecule has 22 heavy (non-hydrogen) atoms. The van der Waals surface area contributed by atoms with Crippen molar-refractivity contribution < 1.29 is 22.6 Å². The molecule has 1 fully saturated rings. The molecule has 1 aromatic carbocycles. The van der Waals surface area contributed by atoms with Crippen molar-refractivity contribution in [3.63, 3.8) is 0 Å². The maximum Gasteiger partial charge on any atom is 0.203 e. The van der Waals surface area contributed by atoms with Crippen LogP contribution in [0, 0.1) is 0 Å². The number of rotatable bonds is 4. The molecule has 1 aromatic rings. The summed E-state index contributed by atoms with van der Waals surface area (Å²) in [4.78, 5) is 0. The number of hydrogen-bond acceptors (Lipinski definition) is 5. The first-order chi connectivity index (χ1) is 10.5. The zero-order valence-corrected chi connectivity index (χ0v) is 13.8. The summed E-state index contributed by atoms with van der Waals surface area (Å²) < 4.78 is 40.4. The Morgan fingerprint density at radius 3 is 2.14 bits per heavy atom. The monoisotopic (exact) mass is 324 g/mol. The SMILES string of the molecule is COc1cc(C2=CC3CCC(C2)S3(=O)=O)cc(OC)c1OC. The molecule has 2 heterocycles. The standard InChI is InChI=1S/C16H20O5S/c1-19-14-8-11(9-15(20-2)16(14)21-3)10-6-12-4-5-13(7-10)22(12,17)18/h6,8-9,12-13H,4-5,7H2,1-3H3. The summed E-state index contributed by atoms with van der Waals surface area (Å²) >= 11 is 0. The van der Waals surface area contributed by atoms with Crippen LogP contribution in [0.5, 0.6) is 17.2 Å². The fourth-order valence-electron chi connectivity index (χ4n) is 3.34. The Balaban J connectivity index is 2.07. The third kappa shape index (κ3) is 2.26. The summed E-state index contributed by atoms with van der Waals surface area (Å²) in [5.41, 5.74) is 1.97. The Bertz CT molecular complexity index is 695. The van der Waals surface area contributed by atoms with Crippen LogP contribution in [0.25, 0.3) is 5.57 Å². The second-order valence-corrected chi connectivity index (χ2v) is 8.09. The van der Waals surface area contributed by atoms with Gasteiger partial charge in [-0.2, -0.15) is 0 Å². The van der Waals surface area contributed by atoms with Gasteiger partial charge >= 0.3 is 0 Å². The number of fused-ring (bicyclic) bond motifs is 2. The van der Waals surface area contributed by atoms with E-state index in [0.717, 1.165) is 24.0 Å². The zero-order valence-electron chi connectivity index (χ0n) is 13.0. The number of sulfone groups is 1. The van der Waals surface area contributed by atoms with E-state index in [9.17, 15) is 8.42 Å². The molecule has 3 rings (SSSR count). The molecular formula is C16H20O5S. The third-order valence-electron chi connectivity index (χ3n) is 4.53. The second-order valence-electron chi connectivity index (χ2n) is 5.64. The van der Waals surface area contributed by atoms with Crippen LogP contribution >= 0.6 is 0 Å². The molecule has 6 heteroatoms. The fraction of sp³-hybridized carbons (Fsp3) is 0.500. The molecule has 0 aliphatic carbocycles. The minimum atomic E-state index is -2.98. The van der Waals surface area contributed by atoms with Gasteiger partial charge in [-0.3, -0.25) is 0 Å². The van der Waals surface area contributed by atoms with Gasteiger partial charge in [-0.1, -0.05) is 6.08 Å². The van der Waals surface area contributed by atoms with E-state index >= 15 is 0 Å². The van der Waals surface area contributed by atoms with Crippen LogP contribution in [0.15, 0.2) is 18.2 Å². The third-order valence-corrected chi connectivity index (χ3v) is 7.08. The maximum atomic E-state index is 12.2. The molecule has 120 valence electrons. The minimum Gasteiger partial charge on any atom is -0.493 e. The highest BCUT2D eigenvalue weighted by Gasteiger charge is 2.43. The van der Waals surface area contributed by atoms with E-state index in [0.29, 0.717) is 23.7 Å². The average Bonchev–Trinajstić information content (AvgIpc) is 2.72. The molecule has 0 spiro atoms.